The number of hydrogen-bond acceptors (Lipinski definition) is 3. The summed E-state index contributed by atoms with van der Waals surface area (Å²) in [6.07, 6.45) is 5.94. The average molecular weight is 235 g/mol. The van der Waals surface area contributed by atoms with Gasteiger partial charge in [0.05, 0.1) is 0 Å². The quantitative estimate of drug-likeness (QED) is 0.678. The zero-order valence-electron chi connectivity index (χ0n) is 9.13. The van der Waals surface area contributed by atoms with E-state index in [0.29, 0.717) is 11.1 Å². The molecule has 0 spiro atoms. The van der Waals surface area contributed by atoms with E-state index >= 15 is 0 Å². The molecule has 3 aliphatic carbocycles. The molecule has 0 aliphatic heterocycles. The fraction of sp³-hybridized carbons (Fsp3) is 0.417. The molecule has 3 aliphatic rings. The number of hydrogen-bond donors (Lipinski definition) is 3. The molecule has 2 unspecified atom stereocenters. The zero-order valence-corrected chi connectivity index (χ0v) is 9.13. The first-order valence-electron chi connectivity index (χ1n) is 5.64. The Hall–Kier alpha value is -1.91. The number of rotatable bonds is 2. The van der Waals surface area contributed by atoms with E-state index in [1.165, 1.54) is 0 Å². The summed E-state index contributed by atoms with van der Waals surface area (Å²) in [6.45, 7) is -0.413. The minimum atomic E-state index is -1.08. The number of aliphatic carboxylic acids is 1. The van der Waals surface area contributed by atoms with Gasteiger partial charge in [0.25, 0.3) is 0 Å². The average Bonchev–Trinajstić information content (AvgIpc) is 2.57. The van der Waals surface area contributed by atoms with Gasteiger partial charge in [0, 0.05) is 23.0 Å². The molecule has 0 amide bonds. The third kappa shape index (κ3) is 1.28. The number of fused-ring (bicyclic) bond motifs is 1. The van der Waals surface area contributed by atoms with Crippen molar-refractivity contribution in [1.29, 1.82) is 0 Å². The maximum Gasteiger partial charge on any atom is 0.323 e. The fourth-order valence-corrected chi connectivity index (χ4v) is 2.95. The molecular formula is C12H13NO4. The van der Waals surface area contributed by atoms with E-state index in [9.17, 15) is 15.0 Å². The molecule has 0 aromatic carbocycles. The second kappa shape index (κ2) is 3.29. The Morgan fingerprint density at radius 1 is 1.18 bits per heavy atom. The highest BCUT2D eigenvalue weighted by Crippen LogP contribution is 2.53. The minimum Gasteiger partial charge on any atom is -0.494 e. The minimum absolute atomic E-state index is 0.0982. The standard InChI is InChI=1S/C12H13NO4/c14-8(15)5-13-11(16)9-6-1-2-7(4-3-6)10(9)12(13)17/h1-2,6-7,16-17H,3-5H2,(H,14,15). The summed E-state index contributed by atoms with van der Waals surface area (Å²) in [5.74, 6) is -1.06. The van der Waals surface area contributed by atoms with Crippen LogP contribution < -0.4 is 0 Å². The van der Waals surface area contributed by atoms with Crippen molar-refractivity contribution in [2.45, 2.75) is 31.2 Å². The van der Waals surface area contributed by atoms with Gasteiger partial charge < -0.3 is 15.3 Å². The van der Waals surface area contributed by atoms with Crippen molar-refractivity contribution < 1.29 is 20.1 Å². The molecule has 5 heteroatoms. The molecule has 1 aromatic rings. The Balaban J connectivity index is 2.17. The van der Waals surface area contributed by atoms with Crippen LogP contribution in [0.2, 0.25) is 0 Å². The lowest BCUT2D eigenvalue weighted by molar-refractivity contribution is -0.137. The van der Waals surface area contributed by atoms with E-state index < -0.39 is 12.5 Å². The molecule has 3 N–H and O–H groups in total. The van der Waals surface area contributed by atoms with Gasteiger partial charge in [-0.3, -0.25) is 9.36 Å². The van der Waals surface area contributed by atoms with Gasteiger partial charge in [-0.15, -0.1) is 0 Å². The van der Waals surface area contributed by atoms with Crippen molar-refractivity contribution in [1.82, 2.24) is 4.57 Å². The molecule has 2 atom stereocenters. The van der Waals surface area contributed by atoms with E-state index in [0.717, 1.165) is 17.4 Å². The first kappa shape index (κ1) is 10.3. The summed E-state index contributed by atoms with van der Waals surface area (Å²) >= 11 is 0. The zero-order chi connectivity index (χ0) is 12.2. The van der Waals surface area contributed by atoms with Crippen LogP contribution in [0.1, 0.15) is 35.8 Å². The number of nitrogens with zero attached hydrogens (tertiary/aromatic N) is 1. The van der Waals surface area contributed by atoms with Gasteiger partial charge in [-0.25, -0.2) is 0 Å². The Bertz CT molecular complexity index is 492. The largest absolute Gasteiger partial charge is 0.494 e. The van der Waals surface area contributed by atoms with E-state index in [2.05, 4.69) is 0 Å². The summed E-state index contributed by atoms with van der Waals surface area (Å²) in [7, 11) is 0. The molecule has 0 radical (unpaired) electrons. The second-order valence-electron chi connectivity index (χ2n) is 4.63. The molecule has 4 rings (SSSR count). The molecule has 1 heterocycles. The summed E-state index contributed by atoms with van der Waals surface area (Å²) in [6, 6.07) is 0. The molecule has 0 saturated heterocycles. The van der Waals surface area contributed by atoms with Crippen LogP contribution in [0.4, 0.5) is 0 Å². The molecule has 5 nitrogen and oxygen atoms in total. The Labute approximate surface area is 97.6 Å². The maximum atomic E-state index is 10.7. The van der Waals surface area contributed by atoms with Gasteiger partial charge in [0.1, 0.15) is 6.54 Å². The monoisotopic (exact) mass is 235 g/mol. The van der Waals surface area contributed by atoms with Crippen molar-refractivity contribution in [3.8, 4) is 11.8 Å². The summed E-state index contributed by atoms with van der Waals surface area (Å²) in [5.41, 5.74) is 1.42. The van der Waals surface area contributed by atoms with E-state index in [4.69, 9.17) is 5.11 Å². The van der Waals surface area contributed by atoms with Gasteiger partial charge in [0.2, 0.25) is 0 Å². The molecule has 0 fully saturated rings. The van der Waals surface area contributed by atoms with Crippen LogP contribution in [0.15, 0.2) is 12.2 Å². The van der Waals surface area contributed by atoms with E-state index in [-0.39, 0.29) is 23.6 Å². The number of aromatic nitrogens is 1. The van der Waals surface area contributed by atoms with Crippen molar-refractivity contribution in [3.63, 3.8) is 0 Å². The molecule has 17 heavy (non-hydrogen) atoms. The SMILES string of the molecule is O=C(O)Cn1c(O)c2c(c1O)C1C=CC2CC1. The number of carboxylic acids is 1. The first-order valence-corrected chi connectivity index (χ1v) is 5.64. The van der Waals surface area contributed by atoms with Crippen LogP contribution in [0.5, 0.6) is 11.8 Å². The smallest absolute Gasteiger partial charge is 0.323 e. The molecule has 90 valence electrons. The van der Waals surface area contributed by atoms with Crippen LogP contribution in [0.25, 0.3) is 0 Å². The fourth-order valence-electron chi connectivity index (χ4n) is 2.95. The molecule has 2 bridgehead atoms. The van der Waals surface area contributed by atoms with E-state index in [1.54, 1.807) is 0 Å². The van der Waals surface area contributed by atoms with E-state index in [1.807, 2.05) is 12.2 Å². The third-order valence-electron chi connectivity index (χ3n) is 3.68. The van der Waals surface area contributed by atoms with Crippen molar-refractivity contribution >= 4 is 5.97 Å². The number of allylic oxidation sites excluding steroid dienone is 2. The van der Waals surface area contributed by atoms with Crippen LogP contribution in [0, 0.1) is 0 Å². The molecule has 0 saturated carbocycles. The number of carboxylic acid groups (broad SMARTS) is 1. The lowest BCUT2D eigenvalue weighted by Gasteiger charge is -2.30. The summed E-state index contributed by atoms with van der Waals surface area (Å²) in [5, 5.41) is 28.8. The van der Waals surface area contributed by atoms with Gasteiger partial charge >= 0.3 is 5.97 Å². The van der Waals surface area contributed by atoms with Crippen LogP contribution in [0.3, 0.4) is 0 Å². The lowest BCUT2D eigenvalue weighted by Crippen LogP contribution is -2.15. The number of aromatic hydroxyl groups is 2. The van der Waals surface area contributed by atoms with Gasteiger partial charge in [-0.05, 0) is 12.8 Å². The first-order chi connectivity index (χ1) is 8.09. The summed E-state index contributed by atoms with van der Waals surface area (Å²) in [4.78, 5) is 10.7. The molecule has 1 aromatic heterocycles. The lowest BCUT2D eigenvalue weighted by atomic mass is 9.73. The third-order valence-corrected chi connectivity index (χ3v) is 3.68. The highest BCUT2D eigenvalue weighted by Gasteiger charge is 2.37. The maximum absolute atomic E-state index is 10.7. The highest BCUT2D eigenvalue weighted by atomic mass is 16.4. The van der Waals surface area contributed by atoms with Gasteiger partial charge in [-0.2, -0.15) is 0 Å². The Kier molecular flexibility index (Phi) is 1.98. The Morgan fingerprint density at radius 3 is 2.00 bits per heavy atom. The predicted molar refractivity (Wildman–Crippen MR) is 59.3 cm³/mol. The van der Waals surface area contributed by atoms with Crippen molar-refractivity contribution in [3.05, 3.63) is 23.3 Å². The predicted octanol–water partition coefficient (Wildman–Crippen LogP) is 1.51. The summed E-state index contributed by atoms with van der Waals surface area (Å²) < 4.78 is 1.07. The van der Waals surface area contributed by atoms with Crippen LogP contribution in [-0.2, 0) is 11.3 Å². The highest BCUT2D eigenvalue weighted by molar-refractivity contribution is 5.68. The molecular weight excluding hydrogens is 222 g/mol. The van der Waals surface area contributed by atoms with Crippen molar-refractivity contribution in [2.75, 3.05) is 0 Å². The van der Waals surface area contributed by atoms with Crippen LogP contribution in [-0.4, -0.2) is 25.9 Å². The van der Waals surface area contributed by atoms with Gasteiger partial charge in [0.15, 0.2) is 11.8 Å². The van der Waals surface area contributed by atoms with Gasteiger partial charge in [-0.1, -0.05) is 12.2 Å². The second-order valence-corrected chi connectivity index (χ2v) is 4.63. The van der Waals surface area contributed by atoms with Crippen LogP contribution >= 0.6 is 0 Å². The van der Waals surface area contributed by atoms with Crippen molar-refractivity contribution in [2.24, 2.45) is 0 Å². The normalized spacial score (nSPS) is 24.9. The Morgan fingerprint density at radius 2 is 1.65 bits per heavy atom. The number of carbonyl (C=O) groups is 1. The topological polar surface area (TPSA) is 82.7 Å².